The van der Waals surface area contributed by atoms with Crippen LogP contribution in [0.1, 0.15) is 54.9 Å². The summed E-state index contributed by atoms with van der Waals surface area (Å²) < 4.78 is 20.5. The van der Waals surface area contributed by atoms with Crippen LogP contribution in [0, 0.1) is 11.7 Å². The minimum absolute atomic E-state index is 0.132. The largest absolute Gasteiger partial charge is 0.378 e. The Hall–Kier alpha value is -3.66. The summed E-state index contributed by atoms with van der Waals surface area (Å²) in [5.41, 5.74) is 0.345. The predicted molar refractivity (Wildman–Crippen MR) is 136 cm³/mol. The second-order valence-electron chi connectivity index (χ2n) is 9.70. The first-order chi connectivity index (χ1) is 18.0. The zero-order valence-electron chi connectivity index (χ0n) is 20.6. The molecule has 1 unspecified atom stereocenters. The van der Waals surface area contributed by atoms with Crippen molar-refractivity contribution in [3.05, 3.63) is 64.6 Å². The van der Waals surface area contributed by atoms with Gasteiger partial charge in [0.1, 0.15) is 17.7 Å². The quantitative estimate of drug-likeness (QED) is 0.547. The third kappa shape index (κ3) is 5.69. The molecule has 2 amide bonds. The molecule has 1 atom stereocenters. The van der Waals surface area contributed by atoms with Crippen LogP contribution in [0.5, 0.6) is 0 Å². The minimum atomic E-state index is -0.827. The number of nitrogens with one attached hydrogen (secondary N) is 1. The SMILES string of the molecule is O=C(Nc1ccc(C(=O)N2CCOCC2)cn1)C(CC1CCCCC1)n1cnc2ccc(F)cc2c1=O. The topological polar surface area (TPSA) is 106 Å². The van der Waals surface area contributed by atoms with Gasteiger partial charge in [0.2, 0.25) is 5.91 Å². The summed E-state index contributed by atoms with van der Waals surface area (Å²) in [5, 5.41) is 2.94. The van der Waals surface area contributed by atoms with Crippen molar-refractivity contribution in [1.29, 1.82) is 0 Å². The molecule has 0 bridgehead atoms. The van der Waals surface area contributed by atoms with E-state index in [9.17, 15) is 18.8 Å². The molecule has 1 saturated carbocycles. The number of fused-ring (bicyclic) bond motifs is 1. The number of anilines is 1. The molecule has 1 aliphatic heterocycles. The predicted octanol–water partition coefficient (Wildman–Crippen LogP) is 3.55. The fraction of sp³-hybridized carbons (Fsp3) is 0.444. The Bertz CT molecular complexity index is 1330. The van der Waals surface area contributed by atoms with Crippen molar-refractivity contribution in [2.45, 2.75) is 44.6 Å². The first kappa shape index (κ1) is 25.0. The summed E-state index contributed by atoms with van der Waals surface area (Å²) in [6, 6.07) is 6.25. The highest BCUT2D eigenvalue weighted by Crippen LogP contribution is 2.31. The highest BCUT2D eigenvalue weighted by Gasteiger charge is 2.28. The van der Waals surface area contributed by atoms with Crippen molar-refractivity contribution in [3.63, 3.8) is 0 Å². The van der Waals surface area contributed by atoms with Crippen LogP contribution in [0.2, 0.25) is 0 Å². The molecule has 9 nitrogen and oxygen atoms in total. The minimum Gasteiger partial charge on any atom is -0.378 e. The zero-order chi connectivity index (χ0) is 25.8. The first-order valence-corrected chi connectivity index (χ1v) is 12.8. The lowest BCUT2D eigenvalue weighted by Crippen LogP contribution is -2.40. The van der Waals surface area contributed by atoms with Gasteiger partial charge in [-0.1, -0.05) is 32.1 Å². The molecule has 0 radical (unpaired) electrons. The number of hydrogen-bond acceptors (Lipinski definition) is 6. The van der Waals surface area contributed by atoms with Gasteiger partial charge in [-0.15, -0.1) is 0 Å². The lowest BCUT2D eigenvalue weighted by atomic mass is 9.84. The van der Waals surface area contributed by atoms with Gasteiger partial charge in [-0.3, -0.25) is 19.0 Å². The van der Waals surface area contributed by atoms with Gasteiger partial charge in [-0.2, -0.15) is 0 Å². The highest BCUT2D eigenvalue weighted by atomic mass is 19.1. The number of rotatable bonds is 6. The number of pyridine rings is 1. The van der Waals surface area contributed by atoms with E-state index in [1.165, 1.54) is 35.6 Å². The van der Waals surface area contributed by atoms with Gasteiger partial charge < -0.3 is 15.0 Å². The fourth-order valence-corrected chi connectivity index (χ4v) is 5.17. The molecule has 0 spiro atoms. The molecule has 1 saturated heterocycles. The van der Waals surface area contributed by atoms with Crippen LogP contribution in [-0.2, 0) is 9.53 Å². The Kier molecular flexibility index (Phi) is 7.55. The van der Waals surface area contributed by atoms with E-state index in [1.807, 2.05) is 0 Å². The smallest absolute Gasteiger partial charge is 0.262 e. The van der Waals surface area contributed by atoms with Crippen LogP contribution in [0.15, 0.2) is 47.7 Å². The maximum absolute atomic E-state index is 13.9. The number of benzene rings is 1. The van der Waals surface area contributed by atoms with Gasteiger partial charge in [0, 0.05) is 19.3 Å². The Morgan fingerprint density at radius 1 is 1.08 bits per heavy atom. The standard InChI is InChI=1S/C27H30FN5O4/c28-20-7-8-22-21(15-20)27(36)33(17-30-22)23(14-18-4-2-1-3-5-18)25(34)31-24-9-6-19(16-29-24)26(35)32-10-12-37-13-11-32/h6-9,15-18,23H,1-5,10-14H2,(H,29,31,34). The van der Waals surface area contributed by atoms with Gasteiger partial charge in [-0.05, 0) is 42.7 Å². The average Bonchev–Trinajstić information content (AvgIpc) is 2.93. The maximum atomic E-state index is 13.9. The highest BCUT2D eigenvalue weighted by molar-refractivity contribution is 5.95. The normalized spacial score (nSPS) is 17.5. The molecule has 3 heterocycles. The van der Waals surface area contributed by atoms with Gasteiger partial charge in [0.25, 0.3) is 11.5 Å². The number of hydrogen-bond donors (Lipinski definition) is 1. The number of aromatic nitrogens is 3. The second kappa shape index (κ2) is 11.2. The molecule has 2 fully saturated rings. The van der Waals surface area contributed by atoms with E-state index in [0.717, 1.165) is 31.7 Å². The van der Waals surface area contributed by atoms with Crippen LogP contribution in [0.4, 0.5) is 10.2 Å². The number of carbonyl (C=O) groups excluding carboxylic acids is 2. The number of morpholine rings is 1. The van der Waals surface area contributed by atoms with Gasteiger partial charge in [0.15, 0.2) is 0 Å². The summed E-state index contributed by atoms with van der Waals surface area (Å²) in [5.74, 6) is -0.491. The van der Waals surface area contributed by atoms with E-state index in [4.69, 9.17) is 4.74 Å². The van der Waals surface area contributed by atoms with Gasteiger partial charge in [-0.25, -0.2) is 14.4 Å². The van der Waals surface area contributed by atoms with Crippen molar-refractivity contribution < 1.29 is 18.7 Å². The zero-order valence-corrected chi connectivity index (χ0v) is 20.6. The summed E-state index contributed by atoms with van der Waals surface area (Å²) in [7, 11) is 0. The number of halogens is 1. The maximum Gasteiger partial charge on any atom is 0.262 e. The van der Waals surface area contributed by atoms with Gasteiger partial charge in [0.05, 0.1) is 36.0 Å². The molecular weight excluding hydrogens is 477 g/mol. The van der Waals surface area contributed by atoms with Crippen LogP contribution in [-0.4, -0.2) is 57.6 Å². The molecule has 2 aromatic heterocycles. The summed E-state index contributed by atoms with van der Waals surface area (Å²) in [4.78, 5) is 49.8. The van der Waals surface area contributed by atoms with Crippen LogP contribution in [0.25, 0.3) is 10.9 Å². The van der Waals surface area contributed by atoms with Crippen molar-refractivity contribution in [3.8, 4) is 0 Å². The van der Waals surface area contributed by atoms with Crippen LogP contribution >= 0.6 is 0 Å². The molecule has 10 heteroatoms. The monoisotopic (exact) mass is 507 g/mol. The van der Waals surface area contributed by atoms with E-state index in [1.54, 1.807) is 17.0 Å². The fourth-order valence-electron chi connectivity index (χ4n) is 5.17. The molecule has 3 aromatic rings. The second-order valence-corrected chi connectivity index (χ2v) is 9.70. The van der Waals surface area contributed by atoms with Crippen molar-refractivity contribution >= 4 is 28.5 Å². The molecule has 5 rings (SSSR count). The molecule has 194 valence electrons. The molecule has 1 aromatic carbocycles. The number of amides is 2. The lowest BCUT2D eigenvalue weighted by molar-refractivity contribution is -0.120. The summed E-state index contributed by atoms with van der Waals surface area (Å²) in [6.07, 6.45) is 8.62. The van der Waals surface area contributed by atoms with E-state index in [0.29, 0.717) is 49.7 Å². The molecule has 2 aliphatic rings. The van der Waals surface area contributed by atoms with E-state index in [-0.39, 0.29) is 17.1 Å². The Labute approximate surface area is 213 Å². The van der Waals surface area contributed by atoms with Crippen LogP contribution in [0.3, 0.4) is 0 Å². The first-order valence-electron chi connectivity index (χ1n) is 12.8. The molecule has 37 heavy (non-hydrogen) atoms. The third-order valence-electron chi connectivity index (χ3n) is 7.22. The van der Waals surface area contributed by atoms with E-state index >= 15 is 0 Å². The Morgan fingerprint density at radius 2 is 1.86 bits per heavy atom. The number of nitrogens with zero attached hydrogens (tertiary/aromatic N) is 4. The molecule has 1 aliphatic carbocycles. The van der Waals surface area contributed by atoms with E-state index in [2.05, 4.69) is 15.3 Å². The molecular formula is C27H30FN5O4. The Balaban J connectivity index is 1.38. The number of ether oxygens (including phenoxy) is 1. The van der Waals surface area contributed by atoms with E-state index < -0.39 is 23.3 Å². The van der Waals surface area contributed by atoms with Crippen molar-refractivity contribution in [2.24, 2.45) is 5.92 Å². The summed E-state index contributed by atoms with van der Waals surface area (Å²) >= 11 is 0. The van der Waals surface area contributed by atoms with Gasteiger partial charge >= 0.3 is 0 Å². The summed E-state index contributed by atoms with van der Waals surface area (Å²) in [6.45, 7) is 2.06. The Morgan fingerprint density at radius 3 is 2.59 bits per heavy atom. The van der Waals surface area contributed by atoms with Crippen LogP contribution < -0.4 is 10.9 Å². The van der Waals surface area contributed by atoms with Crippen molar-refractivity contribution in [1.82, 2.24) is 19.4 Å². The number of carbonyl (C=O) groups is 2. The van der Waals surface area contributed by atoms with Crippen molar-refractivity contribution in [2.75, 3.05) is 31.6 Å². The lowest BCUT2D eigenvalue weighted by Gasteiger charge is -2.27. The third-order valence-corrected chi connectivity index (χ3v) is 7.22. The molecule has 1 N–H and O–H groups in total. The average molecular weight is 508 g/mol.